The Kier molecular flexibility index (Phi) is 6.40. The molecule has 124 valence electrons. The SMILES string of the molecule is Cc1c(C(=O)N2CCCC2CN)cc(Br)cc1S(N)(=O)=O.Cl. The smallest absolute Gasteiger partial charge is 0.254 e. The maximum Gasteiger partial charge on any atom is 0.254 e. The van der Waals surface area contributed by atoms with Crippen LogP contribution in [-0.2, 0) is 10.0 Å². The van der Waals surface area contributed by atoms with Crippen LogP contribution in [0.15, 0.2) is 21.5 Å². The summed E-state index contributed by atoms with van der Waals surface area (Å²) in [5.74, 6) is -0.202. The summed E-state index contributed by atoms with van der Waals surface area (Å²) in [6.07, 6.45) is 1.78. The van der Waals surface area contributed by atoms with Crippen LogP contribution in [-0.4, -0.2) is 38.4 Å². The van der Waals surface area contributed by atoms with Gasteiger partial charge in [-0.1, -0.05) is 15.9 Å². The van der Waals surface area contributed by atoms with Gasteiger partial charge in [-0.05, 0) is 37.5 Å². The largest absolute Gasteiger partial charge is 0.334 e. The molecule has 6 nitrogen and oxygen atoms in total. The van der Waals surface area contributed by atoms with Gasteiger partial charge in [-0.15, -0.1) is 12.4 Å². The van der Waals surface area contributed by atoms with Crippen molar-refractivity contribution in [3.05, 3.63) is 27.7 Å². The summed E-state index contributed by atoms with van der Waals surface area (Å²) in [7, 11) is -3.88. The Morgan fingerprint density at radius 2 is 2.09 bits per heavy atom. The molecule has 1 aromatic carbocycles. The molecule has 0 spiro atoms. The predicted octanol–water partition coefficient (Wildman–Crippen LogP) is 1.39. The van der Waals surface area contributed by atoms with Crippen molar-refractivity contribution in [2.24, 2.45) is 10.9 Å². The summed E-state index contributed by atoms with van der Waals surface area (Å²) < 4.78 is 23.8. The molecule has 1 heterocycles. The van der Waals surface area contributed by atoms with E-state index in [4.69, 9.17) is 10.9 Å². The quantitative estimate of drug-likeness (QED) is 0.782. The molecular formula is C13H19BrClN3O3S. The van der Waals surface area contributed by atoms with E-state index in [1.165, 1.54) is 6.07 Å². The van der Waals surface area contributed by atoms with Crippen LogP contribution in [0.5, 0.6) is 0 Å². The van der Waals surface area contributed by atoms with Crippen LogP contribution >= 0.6 is 28.3 Å². The second-order valence-electron chi connectivity index (χ2n) is 5.15. The fourth-order valence-corrected chi connectivity index (χ4v) is 4.11. The molecule has 4 N–H and O–H groups in total. The molecule has 1 fully saturated rings. The summed E-state index contributed by atoms with van der Waals surface area (Å²) in [5.41, 5.74) is 6.40. The van der Waals surface area contributed by atoms with Crippen LogP contribution < -0.4 is 10.9 Å². The minimum Gasteiger partial charge on any atom is -0.334 e. The maximum atomic E-state index is 12.7. The molecule has 0 aliphatic carbocycles. The van der Waals surface area contributed by atoms with Gasteiger partial charge in [-0.3, -0.25) is 4.79 Å². The molecule has 1 aliphatic rings. The highest BCUT2D eigenvalue weighted by atomic mass is 79.9. The lowest BCUT2D eigenvalue weighted by atomic mass is 10.1. The van der Waals surface area contributed by atoms with E-state index in [0.29, 0.717) is 28.7 Å². The van der Waals surface area contributed by atoms with Gasteiger partial charge in [0.05, 0.1) is 4.90 Å². The fourth-order valence-electron chi connectivity index (χ4n) is 2.67. The predicted molar refractivity (Wildman–Crippen MR) is 90.6 cm³/mol. The van der Waals surface area contributed by atoms with Crippen LogP contribution in [0.25, 0.3) is 0 Å². The Hall–Kier alpha value is -0.670. The zero-order chi connectivity index (χ0) is 15.8. The zero-order valence-corrected chi connectivity index (χ0v) is 15.3. The highest BCUT2D eigenvalue weighted by Gasteiger charge is 2.30. The molecule has 22 heavy (non-hydrogen) atoms. The number of hydrogen-bond acceptors (Lipinski definition) is 4. The average Bonchev–Trinajstić information content (AvgIpc) is 2.87. The van der Waals surface area contributed by atoms with Gasteiger partial charge in [0, 0.05) is 29.2 Å². The van der Waals surface area contributed by atoms with Gasteiger partial charge in [0.1, 0.15) is 0 Å². The Bertz CT molecular complexity index is 681. The van der Waals surface area contributed by atoms with E-state index in [0.717, 1.165) is 12.8 Å². The number of halogens is 2. The molecule has 2 rings (SSSR count). The number of benzene rings is 1. The third-order valence-corrected chi connectivity index (χ3v) is 5.27. The van der Waals surface area contributed by atoms with Crippen LogP contribution in [0.1, 0.15) is 28.8 Å². The molecule has 1 aliphatic heterocycles. The van der Waals surface area contributed by atoms with E-state index >= 15 is 0 Å². The van der Waals surface area contributed by atoms with Gasteiger partial charge in [-0.2, -0.15) is 0 Å². The number of likely N-dealkylation sites (tertiary alicyclic amines) is 1. The third-order valence-electron chi connectivity index (χ3n) is 3.77. The standard InChI is InChI=1S/C13H18BrN3O3S.ClH/c1-8-11(5-9(14)6-12(8)21(16,19)20)13(18)17-4-2-3-10(17)7-15;/h5-6,10H,2-4,7,15H2,1H3,(H2,16,19,20);1H. The minimum absolute atomic E-state index is 0. The Morgan fingerprint density at radius 3 is 2.64 bits per heavy atom. The normalized spacial score (nSPS) is 18.2. The summed E-state index contributed by atoms with van der Waals surface area (Å²) >= 11 is 3.23. The number of carbonyl (C=O) groups is 1. The highest BCUT2D eigenvalue weighted by Crippen LogP contribution is 2.27. The van der Waals surface area contributed by atoms with Crippen molar-refractivity contribution < 1.29 is 13.2 Å². The van der Waals surface area contributed by atoms with Gasteiger partial charge in [0.15, 0.2) is 0 Å². The van der Waals surface area contributed by atoms with Crippen LogP contribution in [0.2, 0.25) is 0 Å². The highest BCUT2D eigenvalue weighted by molar-refractivity contribution is 9.10. The van der Waals surface area contributed by atoms with Crippen molar-refractivity contribution in [1.29, 1.82) is 0 Å². The summed E-state index contributed by atoms with van der Waals surface area (Å²) in [6.45, 7) is 2.63. The number of nitrogens with zero attached hydrogens (tertiary/aromatic N) is 1. The van der Waals surface area contributed by atoms with Crippen LogP contribution in [0.4, 0.5) is 0 Å². The molecule has 0 aromatic heterocycles. The van der Waals surface area contributed by atoms with E-state index in [9.17, 15) is 13.2 Å². The van der Waals surface area contributed by atoms with Gasteiger partial charge < -0.3 is 10.6 Å². The average molecular weight is 413 g/mol. The van der Waals surface area contributed by atoms with Gasteiger partial charge in [0.2, 0.25) is 10.0 Å². The van der Waals surface area contributed by atoms with Crippen molar-refractivity contribution >= 4 is 44.3 Å². The number of rotatable bonds is 3. The minimum atomic E-state index is -3.88. The van der Waals surface area contributed by atoms with Crippen LogP contribution in [0.3, 0.4) is 0 Å². The first kappa shape index (κ1) is 19.4. The number of hydrogen-bond donors (Lipinski definition) is 2. The number of primary sulfonamides is 1. The van der Waals surface area contributed by atoms with Crippen LogP contribution in [0, 0.1) is 6.92 Å². The molecule has 0 bridgehead atoms. The number of carbonyl (C=O) groups excluding carboxylic acids is 1. The van der Waals surface area contributed by atoms with Crippen molar-refractivity contribution in [2.45, 2.75) is 30.7 Å². The van der Waals surface area contributed by atoms with Gasteiger partial charge in [-0.25, -0.2) is 13.6 Å². The second-order valence-corrected chi connectivity index (χ2v) is 7.60. The Labute approximate surface area is 144 Å². The van der Waals surface area contributed by atoms with Crippen molar-refractivity contribution in [3.63, 3.8) is 0 Å². The monoisotopic (exact) mass is 411 g/mol. The number of amides is 1. The van der Waals surface area contributed by atoms with E-state index in [-0.39, 0.29) is 29.3 Å². The van der Waals surface area contributed by atoms with Crippen molar-refractivity contribution in [2.75, 3.05) is 13.1 Å². The Morgan fingerprint density at radius 1 is 1.45 bits per heavy atom. The topological polar surface area (TPSA) is 106 Å². The van der Waals surface area contributed by atoms with E-state index in [2.05, 4.69) is 15.9 Å². The molecule has 1 unspecified atom stereocenters. The van der Waals surface area contributed by atoms with Crippen molar-refractivity contribution in [3.8, 4) is 0 Å². The first-order valence-corrected chi connectivity index (χ1v) is 8.93. The zero-order valence-electron chi connectivity index (χ0n) is 12.1. The third kappa shape index (κ3) is 3.80. The lowest BCUT2D eigenvalue weighted by Crippen LogP contribution is -2.40. The molecule has 9 heteroatoms. The molecule has 1 amide bonds. The van der Waals surface area contributed by atoms with E-state index in [1.807, 2.05) is 0 Å². The molecular weight excluding hydrogens is 394 g/mol. The molecule has 1 atom stereocenters. The first-order chi connectivity index (χ1) is 9.75. The molecule has 1 aromatic rings. The number of sulfonamides is 1. The summed E-state index contributed by atoms with van der Waals surface area (Å²) in [6, 6.07) is 3.04. The summed E-state index contributed by atoms with van der Waals surface area (Å²) in [4.78, 5) is 14.4. The first-order valence-electron chi connectivity index (χ1n) is 6.59. The Balaban J connectivity index is 0.00000242. The molecule has 0 saturated carbocycles. The second kappa shape index (κ2) is 7.27. The van der Waals surface area contributed by atoms with Gasteiger partial charge in [0.25, 0.3) is 5.91 Å². The summed E-state index contributed by atoms with van der Waals surface area (Å²) in [5, 5.41) is 5.21. The lowest BCUT2D eigenvalue weighted by Gasteiger charge is -2.24. The lowest BCUT2D eigenvalue weighted by molar-refractivity contribution is 0.0740. The molecule has 0 radical (unpaired) electrons. The van der Waals surface area contributed by atoms with E-state index < -0.39 is 10.0 Å². The molecule has 1 saturated heterocycles. The fraction of sp³-hybridized carbons (Fsp3) is 0.462. The maximum absolute atomic E-state index is 12.7. The van der Waals surface area contributed by atoms with Crippen molar-refractivity contribution in [1.82, 2.24) is 4.90 Å². The van der Waals surface area contributed by atoms with E-state index in [1.54, 1.807) is 17.9 Å². The number of nitrogens with two attached hydrogens (primary N) is 2. The van der Waals surface area contributed by atoms with Gasteiger partial charge >= 0.3 is 0 Å².